The third-order valence-electron chi connectivity index (χ3n) is 3.33. The van der Waals surface area contributed by atoms with Crippen molar-refractivity contribution in [3.63, 3.8) is 0 Å². The van der Waals surface area contributed by atoms with Crippen molar-refractivity contribution in [2.45, 2.75) is 25.8 Å². The van der Waals surface area contributed by atoms with Crippen molar-refractivity contribution in [1.29, 1.82) is 0 Å². The largest absolute Gasteiger partial charge is 0.493 e. The Labute approximate surface area is 128 Å². The first-order valence-corrected chi connectivity index (χ1v) is 7.72. The molecule has 0 aliphatic carbocycles. The van der Waals surface area contributed by atoms with Gasteiger partial charge in [0.25, 0.3) is 0 Å². The van der Waals surface area contributed by atoms with E-state index >= 15 is 0 Å². The van der Waals surface area contributed by atoms with Crippen LogP contribution in [0.25, 0.3) is 0 Å². The van der Waals surface area contributed by atoms with Gasteiger partial charge in [-0.25, -0.2) is 0 Å². The predicted octanol–water partition coefficient (Wildman–Crippen LogP) is 2.76. The molecular formula is C15H22BrNO3. The van der Waals surface area contributed by atoms with Crippen molar-refractivity contribution in [2.24, 2.45) is 11.7 Å². The molecule has 2 rings (SSSR count). The van der Waals surface area contributed by atoms with E-state index in [-0.39, 0.29) is 6.04 Å². The van der Waals surface area contributed by atoms with Crippen LogP contribution in [-0.4, -0.2) is 33.0 Å². The molecule has 1 aliphatic heterocycles. The lowest BCUT2D eigenvalue weighted by Gasteiger charge is -2.17. The zero-order chi connectivity index (χ0) is 14.5. The lowest BCUT2D eigenvalue weighted by molar-refractivity contribution is 0.165. The van der Waals surface area contributed by atoms with E-state index < -0.39 is 0 Å². The van der Waals surface area contributed by atoms with Crippen molar-refractivity contribution in [2.75, 3.05) is 26.9 Å². The molecule has 2 N–H and O–H groups in total. The summed E-state index contributed by atoms with van der Waals surface area (Å²) in [7, 11) is 1.66. The average molecular weight is 344 g/mol. The van der Waals surface area contributed by atoms with Gasteiger partial charge in [-0.3, -0.25) is 0 Å². The van der Waals surface area contributed by atoms with Crippen LogP contribution < -0.4 is 15.2 Å². The van der Waals surface area contributed by atoms with Gasteiger partial charge in [-0.05, 0) is 53.4 Å². The lowest BCUT2D eigenvalue weighted by Crippen LogP contribution is -2.18. The third kappa shape index (κ3) is 4.11. The second-order valence-electron chi connectivity index (χ2n) is 5.33. The fourth-order valence-electron chi connectivity index (χ4n) is 2.32. The number of halogens is 1. The highest BCUT2D eigenvalue weighted by Crippen LogP contribution is 2.37. The van der Waals surface area contributed by atoms with E-state index in [9.17, 15) is 0 Å². The molecular weight excluding hydrogens is 322 g/mol. The van der Waals surface area contributed by atoms with Crippen LogP contribution in [0.2, 0.25) is 0 Å². The first-order valence-electron chi connectivity index (χ1n) is 6.92. The first-order chi connectivity index (χ1) is 9.60. The van der Waals surface area contributed by atoms with Gasteiger partial charge in [-0.1, -0.05) is 0 Å². The summed E-state index contributed by atoms with van der Waals surface area (Å²) >= 11 is 3.56. The average Bonchev–Trinajstić information content (AvgIpc) is 2.89. The Hall–Kier alpha value is -0.780. The molecule has 2 unspecified atom stereocenters. The van der Waals surface area contributed by atoms with Crippen LogP contribution in [0.3, 0.4) is 0 Å². The maximum Gasteiger partial charge on any atom is 0.175 e. The van der Waals surface area contributed by atoms with Crippen LogP contribution in [-0.2, 0) is 11.2 Å². The highest BCUT2D eigenvalue weighted by atomic mass is 79.9. The third-order valence-corrected chi connectivity index (χ3v) is 3.92. The van der Waals surface area contributed by atoms with E-state index in [4.69, 9.17) is 19.9 Å². The standard InChI is InChI=1S/C15H22BrNO3/c1-10(17)5-12-6-13(16)15(14(7-12)18-2)20-9-11-3-4-19-8-11/h6-7,10-11H,3-5,8-9,17H2,1-2H3. The molecule has 0 amide bonds. The highest BCUT2D eigenvalue weighted by Gasteiger charge is 2.19. The molecule has 1 aliphatic rings. The molecule has 1 aromatic carbocycles. The highest BCUT2D eigenvalue weighted by molar-refractivity contribution is 9.10. The van der Waals surface area contributed by atoms with Crippen molar-refractivity contribution in [3.05, 3.63) is 22.2 Å². The van der Waals surface area contributed by atoms with Crippen molar-refractivity contribution >= 4 is 15.9 Å². The molecule has 1 saturated heterocycles. The van der Waals surface area contributed by atoms with Gasteiger partial charge in [0.05, 0.1) is 24.8 Å². The fraction of sp³-hybridized carbons (Fsp3) is 0.600. The van der Waals surface area contributed by atoms with Crippen molar-refractivity contribution in [3.8, 4) is 11.5 Å². The van der Waals surface area contributed by atoms with Crippen LogP contribution in [0, 0.1) is 5.92 Å². The topological polar surface area (TPSA) is 53.7 Å². The Kier molecular flexibility index (Phi) is 5.69. The first kappa shape index (κ1) is 15.6. The molecule has 0 radical (unpaired) electrons. The monoisotopic (exact) mass is 343 g/mol. The number of hydrogen-bond acceptors (Lipinski definition) is 4. The minimum Gasteiger partial charge on any atom is -0.493 e. The van der Waals surface area contributed by atoms with E-state index in [0.29, 0.717) is 12.5 Å². The summed E-state index contributed by atoms with van der Waals surface area (Å²) < 4.78 is 17.6. The fourth-order valence-corrected chi connectivity index (χ4v) is 2.92. The van der Waals surface area contributed by atoms with Crippen LogP contribution in [0.1, 0.15) is 18.9 Å². The zero-order valence-electron chi connectivity index (χ0n) is 12.0. The quantitative estimate of drug-likeness (QED) is 0.862. The van der Waals surface area contributed by atoms with Crippen LogP contribution in [0.5, 0.6) is 11.5 Å². The van der Waals surface area contributed by atoms with Crippen LogP contribution >= 0.6 is 15.9 Å². The van der Waals surface area contributed by atoms with Gasteiger partial charge < -0.3 is 19.9 Å². The molecule has 20 heavy (non-hydrogen) atoms. The van der Waals surface area contributed by atoms with E-state index in [2.05, 4.69) is 15.9 Å². The van der Waals surface area contributed by atoms with Crippen LogP contribution in [0.4, 0.5) is 0 Å². The van der Waals surface area contributed by atoms with Crippen LogP contribution in [0.15, 0.2) is 16.6 Å². The Morgan fingerprint density at radius 2 is 2.30 bits per heavy atom. The zero-order valence-corrected chi connectivity index (χ0v) is 13.6. The molecule has 0 saturated carbocycles. The van der Waals surface area contributed by atoms with Gasteiger partial charge in [0.15, 0.2) is 11.5 Å². The number of methoxy groups -OCH3 is 1. The summed E-state index contributed by atoms with van der Waals surface area (Å²) in [5.74, 6) is 1.97. The Bertz CT molecular complexity index is 445. The molecule has 1 aromatic rings. The Morgan fingerprint density at radius 1 is 1.50 bits per heavy atom. The Balaban J connectivity index is 2.10. The van der Waals surface area contributed by atoms with Crippen molar-refractivity contribution < 1.29 is 14.2 Å². The number of hydrogen-bond donors (Lipinski definition) is 1. The second kappa shape index (κ2) is 7.29. The molecule has 5 heteroatoms. The maximum atomic E-state index is 5.92. The summed E-state index contributed by atoms with van der Waals surface area (Å²) in [6, 6.07) is 4.16. The second-order valence-corrected chi connectivity index (χ2v) is 6.19. The van der Waals surface area contributed by atoms with Gasteiger partial charge >= 0.3 is 0 Å². The molecule has 0 aromatic heterocycles. The molecule has 2 atom stereocenters. The maximum absolute atomic E-state index is 5.92. The molecule has 1 fully saturated rings. The Morgan fingerprint density at radius 3 is 2.90 bits per heavy atom. The molecule has 0 bridgehead atoms. The smallest absolute Gasteiger partial charge is 0.175 e. The predicted molar refractivity (Wildman–Crippen MR) is 82.5 cm³/mol. The SMILES string of the molecule is COc1cc(CC(C)N)cc(Br)c1OCC1CCOC1. The summed E-state index contributed by atoms with van der Waals surface area (Å²) in [6.45, 7) is 4.26. The van der Waals surface area contributed by atoms with E-state index in [0.717, 1.165) is 47.6 Å². The van der Waals surface area contributed by atoms with E-state index in [1.807, 2.05) is 19.1 Å². The minimum absolute atomic E-state index is 0.119. The summed E-state index contributed by atoms with van der Waals surface area (Å²) in [5, 5.41) is 0. The summed E-state index contributed by atoms with van der Waals surface area (Å²) in [5.41, 5.74) is 6.98. The van der Waals surface area contributed by atoms with E-state index in [1.54, 1.807) is 7.11 Å². The van der Waals surface area contributed by atoms with Gasteiger partial charge in [0.1, 0.15) is 0 Å². The van der Waals surface area contributed by atoms with Gasteiger partial charge in [0.2, 0.25) is 0 Å². The van der Waals surface area contributed by atoms with Gasteiger partial charge in [-0.15, -0.1) is 0 Å². The molecule has 0 spiro atoms. The number of nitrogens with two attached hydrogens (primary N) is 1. The molecule has 4 nitrogen and oxygen atoms in total. The van der Waals surface area contributed by atoms with Gasteiger partial charge in [0, 0.05) is 18.6 Å². The normalized spacial score (nSPS) is 19.9. The summed E-state index contributed by atoms with van der Waals surface area (Å²) in [6.07, 6.45) is 1.87. The van der Waals surface area contributed by atoms with Crippen molar-refractivity contribution in [1.82, 2.24) is 0 Å². The molecule has 112 valence electrons. The summed E-state index contributed by atoms with van der Waals surface area (Å²) in [4.78, 5) is 0. The minimum atomic E-state index is 0.119. The number of benzene rings is 1. The molecule has 1 heterocycles. The lowest BCUT2D eigenvalue weighted by atomic mass is 10.1. The number of rotatable bonds is 6. The number of ether oxygens (including phenoxy) is 3. The van der Waals surface area contributed by atoms with Gasteiger partial charge in [-0.2, -0.15) is 0 Å². The van der Waals surface area contributed by atoms with E-state index in [1.165, 1.54) is 0 Å².